The van der Waals surface area contributed by atoms with Crippen LogP contribution in [0.25, 0.3) is 0 Å². The molecule has 108 valence electrons. The van der Waals surface area contributed by atoms with E-state index in [1.54, 1.807) is 23.5 Å². The van der Waals surface area contributed by atoms with Crippen molar-refractivity contribution in [1.82, 2.24) is 5.32 Å². The lowest BCUT2D eigenvalue weighted by Crippen LogP contribution is -2.14. The number of nitrogens with two attached hydrogens (primary N) is 1. The third-order valence-corrected chi connectivity index (χ3v) is 4.98. The molecule has 0 aliphatic carbocycles. The number of hydrogen-bond donors (Lipinski definition) is 2. The van der Waals surface area contributed by atoms with Crippen LogP contribution in [0.2, 0.25) is 0 Å². The molecule has 0 fully saturated rings. The molecular formula is C14H18N2O2S2. The number of thiophene rings is 1. The summed E-state index contributed by atoms with van der Waals surface area (Å²) < 4.78 is 22.3. The molecule has 0 spiro atoms. The molecule has 2 aromatic rings. The lowest BCUT2D eigenvalue weighted by atomic mass is 10.2. The number of benzene rings is 1. The molecule has 0 radical (unpaired) electrons. The van der Waals surface area contributed by atoms with Gasteiger partial charge >= 0.3 is 0 Å². The highest BCUT2D eigenvalue weighted by atomic mass is 32.2. The Hall–Kier alpha value is -1.21. The maximum atomic E-state index is 11.1. The summed E-state index contributed by atoms with van der Waals surface area (Å²) in [7, 11) is -3.60. The first-order valence-corrected chi connectivity index (χ1v) is 8.61. The topological polar surface area (TPSA) is 72.2 Å². The van der Waals surface area contributed by atoms with Crippen molar-refractivity contribution in [3.05, 3.63) is 51.2 Å². The zero-order valence-corrected chi connectivity index (χ0v) is 13.1. The first-order chi connectivity index (χ1) is 9.36. The quantitative estimate of drug-likeness (QED) is 0.890. The van der Waals surface area contributed by atoms with Gasteiger partial charge in [-0.05, 0) is 43.2 Å². The molecule has 1 aromatic heterocycles. The van der Waals surface area contributed by atoms with Crippen molar-refractivity contribution in [3.63, 3.8) is 0 Å². The Labute approximate surface area is 123 Å². The Morgan fingerprint density at radius 1 is 1.15 bits per heavy atom. The van der Waals surface area contributed by atoms with E-state index in [1.807, 2.05) is 0 Å². The van der Waals surface area contributed by atoms with Gasteiger partial charge in [-0.25, -0.2) is 13.6 Å². The van der Waals surface area contributed by atoms with Gasteiger partial charge in [-0.1, -0.05) is 12.1 Å². The van der Waals surface area contributed by atoms with Gasteiger partial charge in [0.05, 0.1) is 4.90 Å². The summed E-state index contributed by atoms with van der Waals surface area (Å²) in [5, 5.41) is 8.42. The normalized spacial score (nSPS) is 11.8. The van der Waals surface area contributed by atoms with Gasteiger partial charge in [-0.2, -0.15) is 0 Å². The van der Waals surface area contributed by atoms with E-state index < -0.39 is 10.0 Å². The van der Waals surface area contributed by atoms with E-state index in [-0.39, 0.29) is 4.90 Å². The SMILES string of the molecule is Cc1cc(CNCc2ccc(S(N)(=O)=O)cc2)c(C)s1. The second kappa shape index (κ2) is 6.05. The zero-order chi connectivity index (χ0) is 14.8. The van der Waals surface area contributed by atoms with Gasteiger partial charge in [0, 0.05) is 22.8 Å². The third kappa shape index (κ3) is 3.89. The van der Waals surface area contributed by atoms with Crippen molar-refractivity contribution in [2.75, 3.05) is 0 Å². The average Bonchev–Trinajstić information content (AvgIpc) is 2.67. The molecule has 0 amide bonds. The van der Waals surface area contributed by atoms with E-state index in [1.165, 1.54) is 27.5 Å². The molecule has 6 heteroatoms. The lowest BCUT2D eigenvalue weighted by molar-refractivity contribution is 0.597. The number of primary sulfonamides is 1. The standard InChI is InChI=1S/C14H18N2O2S2/c1-10-7-13(11(2)19-10)9-16-8-12-3-5-14(6-4-12)20(15,17)18/h3-7,16H,8-9H2,1-2H3,(H2,15,17,18). The van der Waals surface area contributed by atoms with Crippen LogP contribution in [0.3, 0.4) is 0 Å². The van der Waals surface area contributed by atoms with Crippen LogP contribution < -0.4 is 10.5 Å². The number of hydrogen-bond acceptors (Lipinski definition) is 4. The van der Waals surface area contributed by atoms with E-state index in [9.17, 15) is 8.42 Å². The van der Waals surface area contributed by atoms with Gasteiger partial charge in [-0.3, -0.25) is 0 Å². The molecule has 1 aromatic carbocycles. The fourth-order valence-corrected chi connectivity index (χ4v) is 3.46. The molecule has 4 nitrogen and oxygen atoms in total. The van der Waals surface area contributed by atoms with Crippen LogP contribution in [0.1, 0.15) is 20.9 Å². The van der Waals surface area contributed by atoms with Crippen molar-refractivity contribution in [2.24, 2.45) is 5.14 Å². The molecule has 0 aliphatic rings. The van der Waals surface area contributed by atoms with Gasteiger partial charge in [0.2, 0.25) is 10.0 Å². The maximum absolute atomic E-state index is 11.1. The molecule has 2 rings (SSSR count). The van der Waals surface area contributed by atoms with Crippen LogP contribution in [-0.4, -0.2) is 8.42 Å². The zero-order valence-electron chi connectivity index (χ0n) is 11.5. The Balaban J connectivity index is 1.93. The van der Waals surface area contributed by atoms with Gasteiger partial charge in [0.15, 0.2) is 0 Å². The molecule has 0 atom stereocenters. The average molecular weight is 310 g/mol. The van der Waals surface area contributed by atoms with Crippen molar-refractivity contribution in [3.8, 4) is 0 Å². The summed E-state index contributed by atoms with van der Waals surface area (Å²) in [6.07, 6.45) is 0. The predicted octanol–water partition coefficient (Wildman–Crippen LogP) is 2.30. The lowest BCUT2D eigenvalue weighted by Gasteiger charge is -2.05. The predicted molar refractivity (Wildman–Crippen MR) is 82.2 cm³/mol. The summed E-state index contributed by atoms with van der Waals surface area (Å²) in [4.78, 5) is 2.79. The van der Waals surface area contributed by atoms with E-state index in [2.05, 4.69) is 25.2 Å². The van der Waals surface area contributed by atoms with Crippen LogP contribution in [0, 0.1) is 13.8 Å². The van der Waals surface area contributed by atoms with Gasteiger partial charge in [-0.15, -0.1) is 11.3 Å². The van der Waals surface area contributed by atoms with E-state index in [4.69, 9.17) is 5.14 Å². The minimum absolute atomic E-state index is 0.144. The smallest absolute Gasteiger partial charge is 0.238 e. The summed E-state index contributed by atoms with van der Waals surface area (Å²) in [5.74, 6) is 0. The maximum Gasteiger partial charge on any atom is 0.238 e. The number of aryl methyl sites for hydroxylation is 2. The summed E-state index contributed by atoms with van der Waals surface area (Å²) >= 11 is 1.80. The molecule has 3 N–H and O–H groups in total. The Morgan fingerprint density at radius 3 is 2.30 bits per heavy atom. The van der Waals surface area contributed by atoms with E-state index >= 15 is 0 Å². The van der Waals surface area contributed by atoms with Crippen LogP contribution in [-0.2, 0) is 23.1 Å². The fourth-order valence-electron chi connectivity index (χ4n) is 2.00. The Kier molecular flexibility index (Phi) is 4.59. The first kappa shape index (κ1) is 15.2. The molecule has 0 saturated heterocycles. The monoisotopic (exact) mass is 310 g/mol. The number of rotatable bonds is 5. The minimum Gasteiger partial charge on any atom is -0.309 e. The van der Waals surface area contributed by atoms with Crippen LogP contribution >= 0.6 is 11.3 Å². The van der Waals surface area contributed by atoms with Gasteiger partial charge in [0.1, 0.15) is 0 Å². The van der Waals surface area contributed by atoms with Crippen molar-refractivity contribution in [2.45, 2.75) is 31.8 Å². The highest BCUT2D eigenvalue weighted by molar-refractivity contribution is 7.89. The molecule has 0 bridgehead atoms. The van der Waals surface area contributed by atoms with Crippen molar-refractivity contribution >= 4 is 21.4 Å². The first-order valence-electron chi connectivity index (χ1n) is 6.24. The summed E-state index contributed by atoms with van der Waals surface area (Å²) in [6.45, 7) is 5.73. The van der Waals surface area contributed by atoms with Crippen LogP contribution in [0.4, 0.5) is 0 Å². The molecule has 0 aliphatic heterocycles. The second-order valence-corrected chi connectivity index (χ2v) is 7.75. The highest BCUT2D eigenvalue weighted by Gasteiger charge is 2.07. The molecule has 20 heavy (non-hydrogen) atoms. The van der Waals surface area contributed by atoms with Crippen molar-refractivity contribution in [1.29, 1.82) is 0 Å². The van der Waals surface area contributed by atoms with E-state index in [0.29, 0.717) is 6.54 Å². The molecular weight excluding hydrogens is 292 g/mol. The fraction of sp³-hybridized carbons (Fsp3) is 0.286. The largest absolute Gasteiger partial charge is 0.309 e. The molecule has 1 heterocycles. The summed E-state index contributed by atoms with van der Waals surface area (Å²) in [6, 6.07) is 8.81. The molecule has 0 unspecified atom stereocenters. The Morgan fingerprint density at radius 2 is 1.80 bits per heavy atom. The van der Waals surface area contributed by atoms with E-state index in [0.717, 1.165) is 12.1 Å². The highest BCUT2D eigenvalue weighted by Crippen LogP contribution is 2.20. The third-order valence-electron chi connectivity index (χ3n) is 3.04. The van der Waals surface area contributed by atoms with Crippen LogP contribution in [0.15, 0.2) is 35.2 Å². The minimum atomic E-state index is -3.60. The summed E-state index contributed by atoms with van der Waals surface area (Å²) in [5.41, 5.74) is 2.34. The Bertz CT molecular complexity index is 688. The van der Waals surface area contributed by atoms with Crippen molar-refractivity contribution < 1.29 is 8.42 Å². The van der Waals surface area contributed by atoms with Crippen LogP contribution in [0.5, 0.6) is 0 Å². The second-order valence-electron chi connectivity index (χ2n) is 4.73. The number of sulfonamides is 1. The number of nitrogens with one attached hydrogen (secondary N) is 1. The van der Waals surface area contributed by atoms with Gasteiger partial charge in [0.25, 0.3) is 0 Å². The van der Waals surface area contributed by atoms with Gasteiger partial charge < -0.3 is 5.32 Å². The molecule has 0 saturated carbocycles.